The normalized spacial score (nSPS) is 11.2. The Morgan fingerprint density at radius 3 is 1.33 bits per heavy atom. The number of benzene rings is 8. The lowest BCUT2D eigenvalue weighted by atomic mass is 9.75. The molecular weight excluding hydrogens is 592 g/mol. The maximum atomic E-state index is 12.8. The molecule has 0 aliphatic rings. The molecule has 0 fully saturated rings. The second-order valence-corrected chi connectivity index (χ2v) is 11.8. The third-order valence-corrected chi connectivity index (χ3v) is 9.37. The fraction of sp³-hybridized carbons (Fsp3) is 0. The van der Waals surface area contributed by atoms with Gasteiger partial charge in [-0.2, -0.15) is 0 Å². The number of hydrogen-bond donors (Lipinski definition) is 0. The molecule has 0 saturated carbocycles. The van der Waals surface area contributed by atoms with E-state index < -0.39 is 0 Å². The largest absolute Gasteiger partial charge is 0.298 e. The lowest BCUT2D eigenvalue weighted by Gasteiger charge is -2.27. The van der Waals surface area contributed by atoms with Crippen LogP contribution >= 0.6 is 0 Å². The Balaban J connectivity index is 1.78. The van der Waals surface area contributed by atoms with Crippen LogP contribution in [-0.4, -0.2) is 25.1 Å². The lowest BCUT2D eigenvalue weighted by Crippen LogP contribution is -2.02. The number of aldehydes is 4. The van der Waals surface area contributed by atoms with Crippen LogP contribution in [0.15, 0.2) is 133 Å². The van der Waals surface area contributed by atoms with Gasteiger partial charge in [-0.15, -0.1) is 0 Å². The summed E-state index contributed by atoms with van der Waals surface area (Å²) in [5.74, 6) is 0. The maximum Gasteiger partial charge on any atom is 0.150 e. The van der Waals surface area contributed by atoms with Crippen molar-refractivity contribution in [2.75, 3.05) is 0 Å². The summed E-state index contributed by atoms with van der Waals surface area (Å²) in [5, 5.41) is 5.73. The third kappa shape index (κ3) is 4.31. The monoisotopic (exact) mass is 618 g/mol. The number of rotatable bonds is 8. The summed E-state index contributed by atoms with van der Waals surface area (Å²) in [4.78, 5) is 50.8. The third-order valence-electron chi connectivity index (χ3n) is 9.37. The molecule has 0 aromatic heterocycles. The Hall–Kier alpha value is -6.52. The molecule has 0 N–H and O–H groups in total. The van der Waals surface area contributed by atoms with Crippen LogP contribution in [0.2, 0.25) is 0 Å². The predicted octanol–water partition coefficient (Wildman–Crippen LogP) is 10.5. The van der Waals surface area contributed by atoms with Crippen molar-refractivity contribution in [3.63, 3.8) is 0 Å². The summed E-state index contributed by atoms with van der Waals surface area (Å²) in [6.45, 7) is 0. The lowest BCUT2D eigenvalue weighted by molar-refractivity contribution is 0.111. The number of carbonyl (C=O) groups is 4. The Morgan fingerprint density at radius 2 is 0.771 bits per heavy atom. The average molecular weight is 619 g/mol. The molecule has 4 nitrogen and oxygen atoms in total. The minimum absolute atomic E-state index is 0.467. The number of hydrogen-bond acceptors (Lipinski definition) is 4. The SMILES string of the molecule is O=Cc1ccccc1-c1c(-c2ccccc2C=O)c2ccc3cccc4cc(-c5ccccc5C=O)c(c1-c1ccccc1C=O)c2c34. The molecule has 0 unspecified atom stereocenters. The van der Waals surface area contributed by atoms with Gasteiger partial charge in [0.15, 0.2) is 25.1 Å². The van der Waals surface area contributed by atoms with Gasteiger partial charge in [0.1, 0.15) is 0 Å². The van der Waals surface area contributed by atoms with Crippen molar-refractivity contribution in [2.24, 2.45) is 0 Å². The predicted molar refractivity (Wildman–Crippen MR) is 193 cm³/mol. The van der Waals surface area contributed by atoms with E-state index in [0.717, 1.165) is 85.3 Å². The second kappa shape index (κ2) is 11.7. The zero-order chi connectivity index (χ0) is 32.8. The summed E-state index contributed by atoms with van der Waals surface area (Å²) in [5.41, 5.74) is 7.84. The first kappa shape index (κ1) is 28.9. The van der Waals surface area contributed by atoms with Crippen molar-refractivity contribution in [3.8, 4) is 44.5 Å². The first-order valence-electron chi connectivity index (χ1n) is 15.6. The van der Waals surface area contributed by atoms with Crippen molar-refractivity contribution < 1.29 is 19.2 Å². The highest BCUT2D eigenvalue weighted by molar-refractivity contribution is 6.35. The van der Waals surface area contributed by atoms with Crippen LogP contribution in [-0.2, 0) is 0 Å². The molecule has 8 aromatic carbocycles. The summed E-state index contributed by atoms with van der Waals surface area (Å²) in [7, 11) is 0. The molecule has 0 saturated heterocycles. The van der Waals surface area contributed by atoms with Gasteiger partial charge in [-0.1, -0.05) is 127 Å². The highest BCUT2D eigenvalue weighted by Gasteiger charge is 2.28. The van der Waals surface area contributed by atoms with Gasteiger partial charge < -0.3 is 0 Å². The molecule has 4 heteroatoms. The molecule has 0 atom stereocenters. The van der Waals surface area contributed by atoms with E-state index >= 15 is 0 Å². The molecule has 0 bridgehead atoms. The average Bonchev–Trinajstić information content (AvgIpc) is 3.16. The molecule has 8 aromatic rings. The number of carbonyl (C=O) groups excluding carboxylic acids is 4. The molecule has 0 aliphatic heterocycles. The quantitative estimate of drug-likeness (QED) is 0.126. The standard InChI is InChI=1S/C44H26O4/c45-23-29-10-1-5-16-33(29)38-22-28-15-9-14-27-20-21-37-40(34-17-6-2-11-30(34)24-46)41(35-18-7-3-12-31(35)25-47)42(44(38)43(37)39(27)28)36-19-8-4-13-32(36)26-48/h1-26H. The van der Waals surface area contributed by atoms with Gasteiger partial charge in [0.25, 0.3) is 0 Å². The van der Waals surface area contributed by atoms with E-state index in [4.69, 9.17) is 0 Å². The van der Waals surface area contributed by atoms with Crippen LogP contribution in [0.25, 0.3) is 76.8 Å². The molecule has 48 heavy (non-hydrogen) atoms. The van der Waals surface area contributed by atoms with Crippen molar-refractivity contribution in [1.29, 1.82) is 0 Å². The first-order chi connectivity index (χ1) is 23.7. The zero-order valence-electron chi connectivity index (χ0n) is 25.6. The van der Waals surface area contributed by atoms with E-state index in [9.17, 15) is 19.2 Å². The van der Waals surface area contributed by atoms with Gasteiger partial charge in [-0.25, -0.2) is 0 Å². The topological polar surface area (TPSA) is 68.3 Å². The van der Waals surface area contributed by atoms with Crippen LogP contribution in [0, 0.1) is 0 Å². The fourth-order valence-corrected chi connectivity index (χ4v) is 7.36. The van der Waals surface area contributed by atoms with Gasteiger partial charge in [0, 0.05) is 22.3 Å². The smallest absolute Gasteiger partial charge is 0.150 e. The highest BCUT2D eigenvalue weighted by atomic mass is 16.1. The minimum atomic E-state index is 0.467. The Morgan fingerprint density at radius 1 is 0.312 bits per heavy atom. The molecule has 0 radical (unpaired) electrons. The van der Waals surface area contributed by atoms with Gasteiger partial charge >= 0.3 is 0 Å². The van der Waals surface area contributed by atoms with Crippen LogP contribution in [0.3, 0.4) is 0 Å². The van der Waals surface area contributed by atoms with Crippen LogP contribution in [0.5, 0.6) is 0 Å². The van der Waals surface area contributed by atoms with Crippen molar-refractivity contribution >= 4 is 57.5 Å². The Bertz CT molecular complexity index is 2590. The van der Waals surface area contributed by atoms with E-state index in [1.54, 1.807) is 24.3 Å². The molecule has 8 rings (SSSR count). The molecule has 0 spiro atoms. The van der Waals surface area contributed by atoms with Crippen LogP contribution in [0.1, 0.15) is 41.4 Å². The zero-order valence-corrected chi connectivity index (χ0v) is 25.6. The summed E-state index contributed by atoms with van der Waals surface area (Å²) in [6.07, 6.45) is 3.41. The summed E-state index contributed by atoms with van der Waals surface area (Å²) < 4.78 is 0. The van der Waals surface area contributed by atoms with E-state index in [0.29, 0.717) is 38.9 Å². The fourth-order valence-electron chi connectivity index (χ4n) is 7.36. The first-order valence-corrected chi connectivity index (χ1v) is 15.6. The van der Waals surface area contributed by atoms with Crippen molar-refractivity contribution in [2.45, 2.75) is 0 Å². The second-order valence-electron chi connectivity index (χ2n) is 11.8. The van der Waals surface area contributed by atoms with Gasteiger partial charge in [0.2, 0.25) is 0 Å². The Kier molecular flexibility index (Phi) is 7.04. The summed E-state index contributed by atoms with van der Waals surface area (Å²) in [6, 6.07) is 42.3. The van der Waals surface area contributed by atoms with E-state index in [2.05, 4.69) is 30.3 Å². The maximum absolute atomic E-state index is 12.8. The minimum Gasteiger partial charge on any atom is -0.298 e. The van der Waals surface area contributed by atoms with Gasteiger partial charge in [-0.05, 0) is 82.9 Å². The van der Waals surface area contributed by atoms with Gasteiger partial charge in [-0.3, -0.25) is 19.2 Å². The van der Waals surface area contributed by atoms with Crippen molar-refractivity contribution in [1.82, 2.24) is 0 Å². The summed E-state index contributed by atoms with van der Waals surface area (Å²) >= 11 is 0. The molecule has 0 heterocycles. The molecule has 0 aliphatic carbocycles. The van der Waals surface area contributed by atoms with E-state index in [-0.39, 0.29) is 0 Å². The van der Waals surface area contributed by atoms with E-state index in [1.165, 1.54) is 0 Å². The molecule has 0 amide bonds. The van der Waals surface area contributed by atoms with E-state index in [1.807, 2.05) is 78.9 Å². The van der Waals surface area contributed by atoms with Crippen molar-refractivity contribution in [3.05, 3.63) is 156 Å². The van der Waals surface area contributed by atoms with Gasteiger partial charge in [0.05, 0.1) is 0 Å². The molecular formula is C44H26O4. The van der Waals surface area contributed by atoms with Crippen LogP contribution < -0.4 is 0 Å². The Labute approximate surface area is 276 Å². The van der Waals surface area contributed by atoms with Crippen LogP contribution in [0.4, 0.5) is 0 Å². The highest BCUT2D eigenvalue weighted by Crippen LogP contribution is 2.54. The molecule has 226 valence electrons.